The summed E-state index contributed by atoms with van der Waals surface area (Å²) in [5, 5.41) is 11.6. The van der Waals surface area contributed by atoms with Gasteiger partial charge in [0.1, 0.15) is 0 Å². The minimum atomic E-state index is -3.33. The van der Waals surface area contributed by atoms with Crippen molar-refractivity contribution < 1.29 is 18.3 Å². The first-order chi connectivity index (χ1) is 10.8. The summed E-state index contributed by atoms with van der Waals surface area (Å²) in [6.45, 7) is 0.481. The zero-order chi connectivity index (χ0) is 17.0. The number of amides is 1. The van der Waals surface area contributed by atoms with Gasteiger partial charge in [-0.25, -0.2) is 17.7 Å². The van der Waals surface area contributed by atoms with Gasteiger partial charge in [-0.15, -0.1) is 0 Å². The van der Waals surface area contributed by atoms with Crippen LogP contribution in [0.4, 0.5) is 0 Å². The van der Waals surface area contributed by atoms with E-state index in [1.54, 1.807) is 29.1 Å². The molecule has 9 heteroatoms. The summed E-state index contributed by atoms with van der Waals surface area (Å²) in [6.07, 6.45) is 1.60. The van der Waals surface area contributed by atoms with Crippen LogP contribution in [0.3, 0.4) is 0 Å². The van der Waals surface area contributed by atoms with E-state index < -0.39 is 10.0 Å². The molecular formula is C14H20N4O4S. The van der Waals surface area contributed by atoms with Crippen LogP contribution in [-0.2, 0) is 16.6 Å². The molecule has 0 fully saturated rings. The summed E-state index contributed by atoms with van der Waals surface area (Å²) in [6, 6.07) is 5.04. The van der Waals surface area contributed by atoms with Crippen LogP contribution >= 0.6 is 0 Å². The highest BCUT2D eigenvalue weighted by Crippen LogP contribution is 2.15. The van der Waals surface area contributed by atoms with Crippen LogP contribution in [0.15, 0.2) is 24.5 Å². The van der Waals surface area contributed by atoms with Crippen LogP contribution in [0, 0.1) is 0 Å². The van der Waals surface area contributed by atoms with E-state index >= 15 is 0 Å². The van der Waals surface area contributed by atoms with Gasteiger partial charge in [0.2, 0.25) is 10.0 Å². The van der Waals surface area contributed by atoms with Crippen LogP contribution in [0.2, 0.25) is 0 Å². The third-order valence-electron chi connectivity index (χ3n) is 3.43. The number of carbonyl (C=O) groups excluding carboxylic acids is 1. The summed E-state index contributed by atoms with van der Waals surface area (Å²) in [5.41, 5.74) is 1.88. The number of carbonyl (C=O) groups is 1. The Balaban J connectivity index is 2.04. The lowest BCUT2D eigenvalue weighted by atomic mass is 10.2. The average Bonchev–Trinajstić information content (AvgIpc) is 2.89. The molecule has 23 heavy (non-hydrogen) atoms. The number of nitrogens with zero attached hydrogens (tertiary/aromatic N) is 3. The Morgan fingerprint density at radius 3 is 2.78 bits per heavy atom. The average molecular weight is 340 g/mol. The second-order valence-electron chi connectivity index (χ2n) is 5.22. The lowest BCUT2D eigenvalue weighted by molar-refractivity contribution is 0.0956. The quantitative estimate of drug-likeness (QED) is 0.717. The molecule has 0 unspecified atom stereocenters. The van der Waals surface area contributed by atoms with Gasteiger partial charge < -0.3 is 15.0 Å². The molecule has 126 valence electrons. The molecular weight excluding hydrogens is 320 g/mol. The zero-order valence-corrected chi connectivity index (χ0v) is 13.9. The topological polar surface area (TPSA) is 105 Å². The highest BCUT2D eigenvalue weighted by atomic mass is 32.2. The number of benzene rings is 1. The molecule has 1 aromatic heterocycles. The fourth-order valence-corrected chi connectivity index (χ4v) is 2.79. The Hall–Kier alpha value is -1.97. The number of hydrogen-bond donors (Lipinski definition) is 2. The standard InChI is InChI=1S/C14H20N4O4S/c1-17(2)23(21,22)8-5-15-14(20)11-3-4-13-12(9-11)16-10-18(13)6-7-19/h3-4,9-10,19H,5-8H2,1-2H3,(H,15,20). The van der Waals surface area contributed by atoms with Gasteiger partial charge in [-0.05, 0) is 18.2 Å². The highest BCUT2D eigenvalue weighted by Gasteiger charge is 2.14. The molecule has 0 saturated heterocycles. The molecule has 8 nitrogen and oxygen atoms in total. The van der Waals surface area contributed by atoms with Gasteiger partial charge in [0.25, 0.3) is 5.91 Å². The van der Waals surface area contributed by atoms with Crippen molar-refractivity contribution >= 4 is 27.0 Å². The second-order valence-corrected chi connectivity index (χ2v) is 7.52. The molecule has 2 rings (SSSR count). The molecule has 2 aromatic rings. The number of fused-ring (bicyclic) bond motifs is 1. The number of hydrogen-bond acceptors (Lipinski definition) is 5. The van der Waals surface area contributed by atoms with E-state index in [2.05, 4.69) is 10.3 Å². The first kappa shape index (κ1) is 17.4. The fourth-order valence-electron chi connectivity index (χ4n) is 2.07. The van der Waals surface area contributed by atoms with E-state index in [4.69, 9.17) is 5.11 Å². The molecule has 0 bridgehead atoms. The van der Waals surface area contributed by atoms with E-state index in [0.717, 1.165) is 9.82 Å². The molecule has 0 atom stereocenters. The van der Waals surface area contributed by atoms with Gasteiger partial charge >= 0.3 is 0 Å². The first-order valence-electron chi connectivity index (χ1n) is 7.09. The molecule has 0 aliphatic rings. The lowest BCUT2D eigenvalue weighted by Crippen LogP contribution is -2.33. The maximum absolute atomic E-state index is 12.1. The van der Waals surface area contributed by atoms with Crippen LogP contribution in [-0.4, -0.2) is 66.3 Å². The second kappa shape index (κ2) is 7.07. The van der Waals surface area contributed by atoms with Crippen molar-refractivity contribution in [1.82, 2.24) is 19.2 Å². The first-order valence-corrected chi connectivity index (χ1v) is 8.70. The van der Waals surface area contributed by atoms with Crippen molar-refractivity contribution in [3.63, 3.8) is 0 Å². The van der Waals surface area contributed by atoms with Gasteiger partial charge in [0, 0.05) is 32.7 Å². The van der Waals surface area contributed by atoms with E-state index in [0.29, 0.717) is 17.6 Å². The van der Waals surface area contributed by atoms with Crippen molar-refractivity contribution in [2.75, 3.05) is 33.0 Å². The van der Waals surface area contributed by atoms with Crippen molar-refractivity contribution in [2.45, 2.75) is 6.54 Å². The molecule has 0 radical (unpaired) electrons. The van der Waals surface area contributed by atoms with Gasteiger partial charge in [0.15, 0.2) is 0 Å². The Bertz CT molecular complexity index is 798. The molecule has 0 spiro atoms. The van der Waals surface area contributed by atoms with Crippen LogP contribution in [0.25, 0.3) is 11.0 Å². The van der Waals surface area contributed by atoms with Crippen LogP contribution < -0.4 is 5.32 Å². The molecule has 0 saturated carbocycles. The minimum absolute atomic E-state index is 0.00798. The Kier molecular flexibility index (Phi) is 5.34. The maximum atomic E-state index is 12.1. The van der Waals surface area contributed by atoms with Crippen molar-refractivity contribution in [3.05, 3.63) is 30.1 Å². The SMILES string of the molecule is CN(C)S(=O)(=O)CCNC(=O)c1ccc2c(c1)ncn2CCO. The van der Waals surface area contributed by atoms with Crippen molar-refractivity contribution in [1.29, 1.82) is 0 Å². The molecule has 1 amide bonds. The normalized spacial score (nSPS) is 12.0. The van der Waals surface area contributed by atoms with E-state index in [1.807, 2.05) is 0 Å². The number of sulfonamides is 1. The summed E-state index contributed by atoms with van der Waals surface area (Å²) >= 11 is 0. The van der Waals surface area contributed by atoms with E-state index in [1.165, 1.54) is 14.1 Å². The summed E-state index contributed by atoms with van der Waals surface area (Å²) in [7, 11) is -0.430. The largest absolute Gasteiger partial charge is 0.395 e. The zero-order valence-electron chi connectivity index (χ0n) is 13.1. The monoisotopic (exact) mass is 340 g/mol. The number of rotatable bonds is 7. The number of nitrogens with one attached hydrogen (secondary N) is 1. The molecule has 0 aliphatic heterocycles. The predicted molar refractivity (Wildman–Crippen MR) is 86.6 cm³/mol. The molecule has 2 N–H and O–H groups in total. The Morgan fingerprint density at radius 2 is 2.13 bits per heavy atom. The number of aliphatic hydroxyl groups excluding tert-OH is 1. The maximum Gasteiger partial charge on any atom is 0.251 e. The molecule has 0 aliphatic carbocycles. The molecule has 1 heterocycles. The van der Waals surface area contributed by atoms with Crippen LogP contribution in [0.5, 0.6) is 0 Å². The third kappa shape index (κ3) is 4.06. The van der Waals surface area contributed by atoms with Gasteiger partial charge in [-0.2, -0.15) is 0 Å². The summed E-state index contributed by atoms with van der Waals surface area (Å²) in [4.78, 5) is 16.3. The van der Waals surface area contributed by atoms with E-state index in [9.17, 15) is 13.2 Å². The highest BCUT2D eigenvalue weighted by molar-refractivity contribution is 7.89. The van der Waals surface area contributed by atoms with E-state index in [-0.39, 0.29) is 24.8 Å². The summed E-state index contributed by atoms with van der Waals surface area (Å²) < 4.78 is 26.2. The fraction of sp³-hybridized carbons (Fsp3) is 0.429. The number of aromatic nitrogens is 2. The number of imidazole rings is 1. The van der Waals surface area contributed by atoms with Crippen molar-refractivity contribution in [2.24, 2.45) is 0 Å². The lowest BCUT2D eigenvalue weighted by Gasteiger charge is -2.11. The van der Waals surface area contributed by atoms with Gasteiger partial charge in [-0.3, -0.25) is 4.79 Å². The minimum Gasteiger partial charge on any atom is -0.395 e. The third-order valence-corrected chi connectivity index (χ3v) is 5.26. The van der Waals surface area contributed by atoms with Gasteiger partial charge in [0.05, 0.1) is 29.7 Å². The molecule has 1 aromatic carbocycles. The van der Waals surface area contributed by atoms with Crippen LogP contribution in [0.1, 0.15) is 10.4 Å². The van der Waals surface area contributed by atoms with Crippen molar-refractivity contribution in [3.8, 4) is 0 Å². The Morgan fingerprint density at radius 1 is 1.39 bits per heavy atom. The summed E-state index contributed by atoms with van der Waals surface area (Å²) in [5.74, 6) is -0.503. The predicted octanol–water partition coefficient (Wildman–Crippen LogP) is -0.350. The number of aliphatic hydroxyl groups is 1. The van der Waals surface area contributed by atoms with Gasteiger partial charge in [-0.1, -0.05) is 0 Å². The smallest absolute Gasteiger partial charge is 0.251 e. The Labute approximate surface area is 134 Å².